The molecule has 0 bridgehead atoms. The predicted octanol–water partition coefficient (Wildman–Crippen LogP) is 5.28. The molecule has 2 amide bonds. The van der Waals surface area contributed by atoms with Crippen LogP contribution in [0.4, 0.5) is 18.0 Å². The number of Topliss-reactive ketones (excluding diaryl/α,β-unsaturated/α-hetero) is 1. The molecule has 9 heteroatoms. The fraction of sp³-hybridized carbons (Fsp3) is 0.105. The lowest BCUT2D eigenvalue weighted by Gasteiger charge is -2.11. The average Bonchev–Trinajstić information content (AvgIpc) is 2.89. The lowest BCUT2D eigenvalue weighted by molar-refractivity contribution is -0.137. The van der Waals surface area contributed by atoms with E-state index in [0.29, 0.717) is 16.8 Å². The molecular weight excluding hydrogens is 415 g/mol. The highest BCUT2D eigenvalue weighted by molar-refractivity contribution is 8.18. The average molecular weight is 426 g/mol. The monoisotopic (exact) mass is 425 g/mol. The summed E-state index contributed by atoms with van der Waals surface area (Å²) in [6.45, 7) is -0.466. The van der Waals surface area contributed by atoms with Gasteiger partial charge in [0.1, 0.15) is 0 Å². The first kappa shape index (κ1) is 20.2. The Bertz CT molecular complexity index is 987. The maximum atomic E-state index is 12.8. The summed E-state index contributed by atoms with van der Waals surface area (Å²) in [5, 5.41) is -0.225. The van der Waals surface area contributed by atoms with Crippen LogP contribution in [0.5, 0.6) is 0 Å². The van der Waals surface area contributed by atoms with E-state index in [9.17, 15) is 27.6 Å². The van der Waals surface area contributed by atoms with Crippen molar-refractivity contribution in [2.75, 3.05) is 6.54 Å². The van der Waals surface area contributed by atoms with E-state index in [1.54, 1.807) is 0 Å². The first-order valence-corrected chi connectivity index (χ1v) is 9.06. The molecule has 1 aliphatic heterocycles. The van der Waals surface area contributed by atoms with Gasteiger partial charge in [0.25, 0.3) is 11.1 Å². The van der Waals surface area contributed by atoms with Gasteiger partial charge in [-0.05, 0) is 59.8 Å². The van der Waals surface area contributed by atoms with Gasteiger partial charge in [-0.1, -0.05) is 23.7 Å². The zero-order chi connectivity index (χ0) is 20.5. The fourth-order valence-electron chi connectivity index (χ4n) is 2.46. The Morgan fingerprint density at radius 2 is 1.79 bits per heavy atom. The van der Waals surface area contributed by atoms with Crippen molar-refractivity contribution >= 4 is 46.4 Å². The van der Waals surface area contributed by atoms with E-state index in [4.69, 9.17) is 11.6 Å². The summed E-state index contributed by atoms with van der Waals surface area (Å²) in [4.78, 5) is 37.5. The summed E-state index contributed by atoms with van der Waals surface area (Å²) in [6, 6.07) is 10.4. The van der Waals surface area contributed by atoms with Crippen molar-refractivity contribution in [1.29, 1.82) is 0 Å². The van der Waals surface area contributed by atoms with Gasteiger partial charge in [0.2, 0.25) is 0 Å². The summed E-state index contributed by atoms with van der Waals surface area (Å²) >= 11 is 6.33. The SMILES string of the molecule is O=C(CN1C(=O)S/C(=C/c2cccc(C(F)(F)F)c2)C1=O)c1ccc(Cl)cc1. The number of rotatable bonds is 4. The van der Waals surface area contributed by atoms with Crippen molar-refractivity contribution in [1.82, 2.24) is 4.90 Å². The second-order valence-corrected chi connectivity index (χ2v) is 7.25. The summed E-state index contributed by atoms with van der Waals surface area (Å²) in [5.41, 5.74) is -0.451. The van der Waals surface area contributed by atoms with Gasteiger partial charge in [0, 0.05) is 10.6 Å². The van der Waals surface area contributed by atoms with Crippen molar-refractivity contribution in [3.8, 4) is 0 Å². The van der Waals surface area contributed by atoms with Crippen molar-refractivity contribution in [3.05, 3.63) is 75.1 Å². The summed E-state index contributed by atoms with van der Waals surface area (Å²) in [6.07, 6.45) is -3.32. The maximum absolute atomic E-state index is 12.8. The third-order valence-electron chi connectivity index (χ3n) is 3.85. The van der Waals surface area contributed by atoms with Gasteiger partial charge in [-0.2, -0.15) is 13.2 Å². The Balaban J connectivity index is 1.79. The van der Waals surface area contributed by atoms with Crippen molar-refractivity contribution < 1.29 is 27.6 Å². The standard InChI is InChI=1S/C19H11ClF3NO3S/c20-14-6-4-12(5-7-14)15(25)10-24-17(26)16(28-18(24)27)9-11-2-1-3-13(8-11)19(21,22)23/h1-9H,10H2/b16-9+. The van der Waals surface area contributed by atoms with Gasteiger partial charge < -0.3 is 0 Å². The van der Waals surface area contributed by atoms with Crippen LogP contribution >= 0.6 is 23.4 Å². The van der Waals surface area contributed by atoms with Crippen LogP contribution in [0.15, 0.2) is 53.4 Å². The normalized spacial score (nSPS) is 16.1. The number of carbonyl (C=O) groups excluding carboxylic acids is 3. The lowest BCUT2D eigenvalue weighted by Crippen LogP contribution is -2.33. The molecule has 2 aromatic rings. The smallest absolute Gasteiger partial charge is 0.292 e. The predicted molar refractivity (Wildman–Crippen MR) is 99.9 cm³/mol. The highest BCUT2D eigenvalue weighted by atomic mass is 35.5. The van der Waals surface area contributed by atoms with Crippen LogP contribution in [0.2, 0.25) is 5.02 Å². The third-order valence-corrected chi connectivity index (χ3v) is 5.01. The second-order valence-electron chi connectivity index (χ2n) is 5.82. The van der Waals surface area contributed by atoms with E-state index < -0.39 is 35.2 Å². The van der Waals surface area contributed by atoms with Crippen LogP contribution in [-0.4, -0.2) is 28.4 Å². The molecule has 3 rings (SSSR count). The molecule has 0 aromatic heterocycles. The zero-order valence-corrected chi connectivity index (χ0v) is 15.6. The van der Waals surface area contributed by atoms with Gasteiger partial charge in [-0.15, -0.1) is 0 Å². The molecule has 0 atom stereocenters. The first-order valence-electron chi connectivity index (χ1n) is 7.86. The van der Waals surface area contributed by atoms with Gasteiger partial charge in [0.15, 0.2) is 5.78 Å². The highest BCUT2D eigenvalue weighted by Gasteiger charge is 2.36. The Kier molecular flexibility index (Phi) is 5.62. The molecule has 0 N–H and O–H groups in total. The molecule has 0 radical (unpaired) electrons. The molecule has 4 nitrogen and oxygen atoms in total. The number of carbonyl (C=O) groups is 3. The van der Waals surface area contributed by atoms with E-state index in [0.717, 1.165) is 17.0 Å². The van der Waals surface area contributed by atoms with Crippen LogP contribution in [0.3, 0.4) is 0 Å². The van der Waals surface area contributed by atoms with Gasteiger partial charge in [0.05, 0.1) is 17.0 Å². The van der Waals surface area contributed by atoms with Crippen LogP contribution in [0.1, 0.15) is 21.5 Å². The van der Waals surface area contributed by atoms with Gasteiger partial charge in [-0.25, -0.2) is 0 Å². The van der Waals surface area contributed by atoms with E-state index in [-0.39, 0.29) is 16.0 Å². The Morgan fingerprint density at radius 3 is 2.43 bits per heavy atom. The minimum Gasteiger partial charge on any atom is -0.292 e. The van der Waals surface area contributed by atoms with E-state index in [1.165, 1.54) is 42.5 Å². The Morgan fingerprint density at radius 1 is 1.11 bits per heavy atom. The maximum Gasteiger partial charge on any atom is 0.416 e. The molecule has 0 spiro atoms. The number of thioether (sulfide) groups is 1. The van der Waals surface area contributed by atoms with Gasteiger partial charge >= 0.3 is 6.18 Å². The molecule has 0 unspecified atom stereocenters. The molecule has 1 fully saturated rings. The quantitative estimate of drug-likeness (QED) is 0.494. The Hall–Kier alpha value is -2.58. The summed E-state index contributed by atoms with van der Waals surface area (Å²) < 4.78 is 38.4. The molecule has 28 heavy (non-hydrogen) atoms. The molecule has 0 saturated carbocycles. The number of imide groups is 1. The van der Waals surface area contributed by atoms with Crippen LogP contribution in [0.25, 0.3) is 6.08 Å². The minimum absolute atomic E-state index is 0.0479. The van der Waals surface area contributed by atoms with E-state index in [1.807, 2.05) is 0 Å². The molecule has 1 saturated heterocycles. The van der Waals surface area contributed by atoms with E-state index >= 15 is 0 Å². The van der Waals surface area contributed by atoms with Crippen molar-refractivity contribution in [2.45, 2.75) is 6.18 Å². The summed E-state index contributed by atoms with van der Waals surface area (Å²) in [7, 11) is 0. The van der Waals surface area contributed by atoms with Crippen molar-refractivity contribution in [2.24, 2.45) is 0 Å². The number of amides is 2. The number of hydrogen-bond donors (Lipinski definition) is 0. The summed E-state index contributed by atoms with van der Waals surface area (Å²) in [5.74, 6) is -1.19. The second kappa shape index (κ2) is 7.81. The fourth-order valence-corrected chi connectivity index (χ4v) is 3.43. The third kappa shape index (κ3) is 4.45. The largest absolute Gasteiger partial charge is 0.416 e. The molecule has 1 heterocycles. The number of halogens is 4. The number of alkyl halides is 3. The number of ketones is 1. The lowest BCUT2D eigenvalue weighted by atomic mass is 10.1. The number of nitrogens with zero attached hydrogens (tertiary/aromatic N) is 1. The molecule has 144 valence electrons. The number of hydrogen-bond acceptors (Lipinski definition) is 4. The molecule has 1 aliphatic rings. The van der Waals surface area contributed by atoms with Crippen molar-refractivity contribution in [3.63, 3.8) is 0 Å². The zero-order valence-electron chi connectivity index (χ0n) is 14.0. The molecule has 0 aliphatic carbocycles. The van der Waals surface area contributed by atoms with Gasteiger partial charge in [-0.3, -0.25) is 19.3 Å². The topological polar surface area (TPSA) is 54.5 Å². The highest BCUT2D eigenvalue weighted by Crippen LogP contribution is 2.34. The van der Waals surface area contributed by atoms with E-state index in [2.05, 4.69) is 0 Å². The van der Waals surface area contributed by atoms with Crippen LogP contribution in [0, 0.1) is 0 Å². The Labute approximate surface area is 167 Å². The minimum atomic E-state index is -4.52. The number of benzene rings is 2. The first-order chi connectivity index (χ1) is 13.1. The molecular formula is C19H11ClF3NO3S. The van der Waals surface area contributed by atoms with Crippen LogP contribution < -0.4 is 0 Å². The molecule has 2 aromatic carbocycles. The van der Waals surface area contributed by atoms with Crippen LogP contribution in [-0.2, 0) is 11.0 Å².